The van der Waals surface area contributed by atoms with Crippen LogP contribution in [0.2, 0.25) is 0 Å². The van der Waals surface area contributed by atoms with Gasteiger partial charge < -0.3 is 4.74 Å². The summed E-state index contributed by atoms with van der Waals surface area (Å²) in [4.78, 5) is 1.36. The van der Waals surface area contributed by atoms with Crippen molar-refractivity contribution < 1.29 is 4.74 Å². The van der Waals surface area contributed by atoms with E-state index in [1.807, 2.05) is 0 Å². The van der Waals surface area contributed by atoms with Crippen LogP contribution < -0.4 is 4.31 Å². The molecule has 1 saturated heterocycles. The average molecular weight is 315 g/mol. The molecule has 1 fully saturated rings. The van der Waals surface area contributed by atoms with Gasteiger partial charge in [0, 0.05) is 0 Å². The maximum atomic E-state index is 5.53. The molecular formula is C18H23N2OS+. The molecule has 0 saturated carbocycles. The Balaban J connectivity index is 1.93. The summed E-state index contributed by atoms with van der Waals surface area (Å²) < 4.78 is 10.4. The van der Waals surface area contributed by atoms with Gasteiger partial charge in [0.1, 0.15) is 0 Å². The molecule has 3 nitrogen and oxygen atoms in total. The number of nitrogens with zero attached hydrogens (tertiary/aromatic N) is 2. The highest BCUT2D eigenvalue weighted by molar-refractivity contribution is 7.96. The van der Waals surface area contributed by atoms with Crippen molar-refractivity contribution in [1.82, 2.24) is 4.31 Å². The van der Waals surface area contributed by atoms with Gasteiger partial charge >= 0.3 is 0 Å². The SMILES string of the molecule is Cc1ccc([S+](N2CCOCC2)N(C)c2ccccc2)cc1. The molecule has 2 aromatic rings. The van der Waals surface area contributed by atoms with Crippen LogP contribution in [0.25, 0.3) is 0 Å². The summed E-state index contributed by atoms with van der Waals surface area (Å²) in [5, 5.41) is 0. The van der Waals surface area contributed by atoms with Gasteiger partial charge in [0.15, 0.2) is 0 Å². The molecule has 0 spiro atoms. The fourth-order valence-corrected chi connectivity index (χ4v) is 4.75. The van der Waals surface area contributed by atoms with Gasteiger partial charge in [0.2, 0.25) is 16.2 Å². The Labute approximate surface area is 136 Å². The Kier molecular flexibility index (Phi) is 5.03. The first-order valence-electron chi connectivity index (χ1n) is 7.68. The van der Waals surface area contributed by atoms with Crippen molar-refractivity contribution in [1.29, 1.82) is 0 Å². The molecule has 116 valence electrons. The lowest BCUT2D eigenvalue weighted by Gasteiger charge is -2.29. The predicted octanol–water partition coefficient (Wildman–Crippen LogP) is 3.27. The summed E-state index contributed by atoms with van der Waals surface area (Å²) in [5.41, 5.74) is 2.55. The zero-order valence-electron chi connectivity index (χ0n) is 13.2. The second-order valence-corrected chi connectivity index (χ2v) is 7.52. The number of hydrogen-bond acceptors (Lipinski definition) is 3. The van der Waals surface area contributed by atoms with E-state index in [-0.39, 0.29) is 11.3 Å². The van der Waals surface area contributed by atoms with Crippen LogP contribution in [0, 0.1) is 6.92 Å². The van der Waals surface area contributed by atoms with Gasteiger partial charge in [-0.05, 0) is 31.2 Å². The van der Waals surface area contributed by atoms with Crippen LogP contribution in [-0.2, 0) is 16.0 Å². The predicted molar refractivity (Wildman–Crippen MR) is 94.0 cm³/mol. The van der Waals surface area contributed by atoms with E-state index >= 15 is 0 Å². The van der Waals surface area contributed by atoms with Gasteiger partial charge in [-0.15, -0.1) is 0 Å². The third-order valence-electron chi connectivity index (χ3n) is 3.83. The number of ether oxygens (including phenoxy) is 1. The molecule has 0 aliphatic carbocycles. The van der Waals surface area contributed by atoms with Crippen molar-refractivity contribution in [2.45, 2.75) is 11.8 Å². The third-order valence-corrected chi connectivity index (χ3v) is 6.10. The van der Waals surface area contributed by atoms with E-state index in [0.29, 0.717) is 0 Å². The fraction of sp³-hybridized carbons (Fsp3) is 0.333. The molecule has 0 bridgehead atoms. The van der Waals surface area contributed by atoms with E-state index in [4.69, 9.17) is 4.74 Å². The van der Waals surface area contributed by atoms with Crippen LogP contribution in [0.1, 0.15) is 5.56 Å². The van der Waals surface area contributed by atoms with Crippen molar-refractivity contribution in [2.75, 3.05) is 37.7 Å². The van der Waals surface area contributed by atoms with Crippen LogP contribution in [0.15, 0.2) is 59.5 Å². The van der Waals surface area contributed by atoms with Crippen LogP contribution in [0.4, 0.5) is 5.69 Å². The minimum absolute atomic E-state index is 0.0916. The molecule has 0 amide bonds. The van der Waals surface area contributed by atoms with Crippen molar-refractivity contribution in [3.8, 4) is 0 Å². The molecule has 4 heteroatoms. The van der Waals surface area contributed by atoms with Crippen molar-refractivity contribution in [2.24, 2.45) is 0 Å². The van der Waals surface area contributed by atoms with Crippen molar-refractivity contribution >= 4 is 17.0 Å². The number of morpholine rings is 1. The molecule has 0 N–H and O–H groups in total. The summed E-state index contributed by atoms with van der Waals surface area (Å²) in [7, 11) is 2.19. The molecule has 1 unspecified atom stereocenters. The first-order valence-corrected chi connectivity index (χ1v) is 8.82. The molecular weight excluding hydrogens is 292 g/mol. The van der Waals surface area contributed by atoms with Crippen LogP contribution in [0.5, 0.6) is 0 Å². The first-order chi connectivity index (χ1) is 10.8. The van der Waals surface area contributed by atoms with Crippen molar-refractivity contribution in [3.05, 3.63) is 60.2 Å². The minimum Gasteiger partial charge on any atom is -0.378 e. The minimum atomic E-state index is -0.0916. The number of benzene rings is 2. The Morgan fingerprint density at radius 3 is 2.23 bits per heavy atom. The Hall–Kier alpha value is -1.49. The van der Waals surface area contributed by atoms with Crippen molar-refractivity contribution in [3.63, 3.8) is 0 Å². The van der Waals surface area contributed by atoms with E-state index in [1.165, 1.54) is 16.1 Å². The van der Waals surface area contributed by atoms with Gasteiger partial charge in [-0.1, -0.05) is 40.2 Å². The Morgan fingerprint density at radius 1 is 0.955 bits per heavy atom. The van der Waals surface area contributed by atoms with E-state index in [0.717, 1.165) is 26.3 Å². The second-order valence-electron chi connectivity index (χ2n) is 5.45. The monoisotopic (exact) mass is 315 g/mol. The number of anilines is 1. The molecule has 22 heavy (non-hydrogen) atoms. The summed E-state index contributed by atoms with van der Waals surface area (Å²) in [6.07, 6.45) is 0. The molecule has 3 rings (SSSR count). The molecule has 0 aromatic heterocycles. The number of para-hydroxylation sites is 1. The number of aryl methyl sites for hydroxylation is 1. The molecule has 1 aliphatic heterocycles. The maximum absolute atomic E-state index is 5.53. The summed E-state index contributed by atoms with van der Waals surface area (Å²) >= 11 is -0.0916. The smallest absolute Gasteiger partial charge is 0.235 e. The quantitative estimate of drug-likeness (QED) is 0.805. The van der Waals surface area contributed by atoms with E-state index in [9.17, 15) is 0 Å². The summed E-state index contributed by atoms with van der Waals surface area (Å²) in [6.45, 7) is 5.73. The van der Waals surface area contributed by atoms with Gasteiger partial charge in [0.25, 0.3) is 0 Å². The highest BCUT2D eigenvalue weighted by Crippen LogP contribution is 2.27. The maximum Gasteiger partial charge on any atom is 0.235 e. The van der Waals surface area contributed by atoms with Gasteiger partial charge in [-0.3, -0.25) is 0 Å². The lowest BCUT2D eigenvalue weighted by atomic mass is 10.2. The molecule has 0 radical (unpaired) electrons. The Morgan fingerprint density at radius 2 is 1.59 bits per heavy atom. The first kappa shape index (κ1) is 15.4. The van der Waals surface area contributed by atoms with E-state index in [1.54, 1.807) is 0 Å². The number of rotatable bonds is 4. The average Bonchev–Trinajstić information content (AvgIpc) is 2.58. The lowest BCUT2D eigenvalue weighted by Crippen LogP contribution is -2.47. The highest BCUT2D eigenvalue weighted by atomic mass is 32.2. The van der Waals surface area contributed by atoms with Crippen LogP contribution in [-0.4, -0.2) is 37.7 Å². The van der Waals surface area contributed by atoms with Gasteiger partial charge in [-0.25, -0.2) is 0 Å². The normalized spacial score (nSPS) is 17.2. The third kappa shape index (κ3) is 3.46. The fourth-order valence-electron chi connectivity index (χ4n) is 2.60. The van der Waals surface area contributed by atoms with Gasteiger partial charge in [-0.2, -0.15) is 4.31 Å². The standard InChI is InChI=1S/C18H23N2OS/c1-16-8-10-18(11-9-16)22(20-12-14-21-15-13-20)19(2)17-6-4-3-5-7-17/h3-11H,12-15H2,1-2H3/q+1. The zero-order chi connectivity index (χ0) is 15.4. The van der Waals surface area contributed by atoms with Crippen LogP contribution >= 0.6 is 0 Å². The summed E-state index contributed by atoms with van der Waals surface area (Å²) in [6, 6.07) is 19.5. The second kappa shape index (κ2) is 7.18. The molecule has 2 aromatic carbocycles. The van der Waals surface area contributed by atoms with E-state index < -0.39 is 0 Å². The molecule has 1 aliphatic rings. The topological polar surface area (TPSA) is 15.7 Å². The van der Waals surface area contributed by atoms with E-state index in [2.05, 4.69) is 77.2 Å². The largest absolute Gasteiger partial charge is 0.378 e. The van der Waals surface area contributed by atoms with Gasteiger partial charge in [0.05, 0.1) is 39.0 Å². The lowest BCUT2D eigenvalue weighted by molar-refractivity contribution is 0.0758. The van der Waals surface area contributed by atoms with Crippen LogP contribution in [0.3, 0.4) is 0 Å². The Bertz CT molecular complexity index is 582. The molecule has 1 atom stereocenters. The zero-order valence-corrected chi connectivity index (χ0v) is 14.1. The summed E-state index contributed by atoms with van der Waals surface area (Å²) in [5.74, 6) is 0. The highest BCUT2D eigenvalue weighted by Gasteiger charge is 2.38. The molecule has 1 heterocycles. The number of hydrogen-bond donors (Lipinski definition) is 0.